The Kier molecular flexibility index (Phi) is 8.45. The van der Waals surface area contributed by atoms with E-state index >= 15 is 0 Å². The van der Waals surface area contributed by atoms with Crippen molar-refractivity contribution in [2.75, 3.05) is 26.2 Å². The molecule has 0 saturated carbocycles. The summed E-state index contributed by atoms with van der Waals surface area (Å²) in [4.78, 5) is 21.7. The van der Waals surface area contributed by atoms with E-state index in [0.29, 0.717) is 17.6 Å². The molecule has 1 aromatic carbocycles. The molecular weight excluding hydrogens is 447 g/mol. The van der Waals surface area contributed by atoms with Crippen LogP contribution in [0.15, 0.2) is 60.8 Å². The predicted molar refractivity (Wildman–Crippen MR) is 130 cm³/mol. The topological polar surface area (TPSA) is 67.4 Å². The van der Waals surface area contributed by atoms with Gasteiger partial charge >= 0.3 is 0 Å². The molecule has 2 aromatic heterocycles. The van der Waals surface area contributed by atoms with E-state index < -0.39 is 0 Å². The summed E-state index contributed by atoms with van der Waals surface area (Å²) < 4.78 is 5.91. The maximum Gasteiger partial charge on any atom is 0.221 e. The standard InChI is InChI=1S/C15H19N3O2.C9H6ClN.ClH/c1-11(19)18-7-4-12(5-8-18)14-3-2-6-17-15(14)20-13-9-16-10-13;10-9-6-5-7-3-1-2-4-8(7)11-9;/h2-4,6,13,16H,5,7-10H2,1H3;1-6H;1H. The number of fused-ring (bicyclic) bond motifs is 1. The fraction of sp³-hybridized carbons (Fsp3) is 0.292. The number of carbonyl (C=O) groups is 1. The number of pyridine rings is 2. The predicted octanol–water partition coefficient (Wildman–Crippen LogP) is 4.38. The number of hydrogen-bond donors (Lipinski definition) is 1. The van der Waals surface area contributed by atoms with Gasteiger partial charge in [-0.3, -0.25) is 4.79 Å². The zero-order valence-electron chi connectivity index (χ0n) is 17.8. The first-order valence-corrected chi connectivity index (χ1v) is 10.8. The molecule has 5 rings (SSSR count). The molecule has 168 valence electrons. The summed E-state index contributed by atoms with van der Waals surface area (Å²) >= 11 is 5.71. The third-order valence-electron chi connectivity index (χ3n) is 5.36. The Morgan fingerprint density at radius 1 is 1.16 bits per heavy atom. The largest absolute Gasteiger partial charge is 0.471 e. The van der Waals surface area contributed by atoms with Crippen LogP contribution < -0.4 is 10.1 Å². The normalized spacial score (nSPS) is 15.6. The monoisotopic (exact) mass is 472 g/mol. The zero-order chi connectivity index (χ0) is 21.6. The van der Waals surface area contributed by atoms with E-state index in [1.54, 1.807) is 19.2 Å². The lowest BCUT2D eigenvalue weighted by Crippen LogP contribution is -2.50. The number of hydrogen-bond acceptors (Lipinski definition) is 5. The van der Waals surface area contributed by atoms with E-state index in [1.807, 2.05) is 47.4 Å². The van der Waals surface area contributed by atoms with Crippen LogP contribution in [0.1, 0.15) is 18.9 Å². The van der Waals surface area contributed by atoms with Gasteiger partial charge in [0.2, 0.25) is 11.8 Å². The molecule has 0 radical (unpaired) electrons. The molecule has 2 aliphatic rings. The van der Waals surface area contributed by atoms with Crippen molar-refractivity contribution in [1.29, 1.82) is 0 Å². The first-order valence-electron chi connectivity index (χ1n) is 10.4. The van der Waals surface area contributed by atoms with Gasteiger partial charge in [-0.1, -0.05) is 35.9 Å². The SMILES string of the molecule is CC(=O)N1CC=C(c2cccnc2OC2CNC2)CC1.Cl.Clc1ccc2ccccc2n1. The highest BCUT2D eigenvalue weighted by Crippen LogP contribution is 2.29. The molecule has 8 heteroatoms. The Morgan fingerprint density at radius 2 is 1.97 bits per heavy atom. The Morgan fingerprint density at radius 3 is 2.66 bits per heavy atom. The molecule has 6 nitrogen and oxygen atoms in total. The van der Waals surface area contributed by atoms with Crippen LogP contribution in [-0.4, -0.2) is 53.1 Å². The Bertz CT molecular complexity index is 1100. The molecule has 0 spiro atoms. The number of nitrogens with one attached hydrogen (secondary N) is 1. The van der Waals surface area contributed by atoms with Crippen molar-refractivity contribution >= 4 is 46.4 Å². The number of amides is 1. The maximum atomic E-state index is 11.4. The smallest absolute Gasteiger partial charge is 0.221 e. The second-order valence-electron chi connectivity index (χ2n) is 7.53. The summed E-state index contributed by atoms with van der Waals surface area (Å²) in [7, 11) is 0. The van der Waals surface area contributed by atoms with Crippen molar-refractivity contribution in [2.45, 2.75) is 19.4 Å². The van der Waals surface area contributed by atoms with Crippen LogP contribution in [-0.2, 0) is 4.79 Å². The zero-order valence-corrected chi connectivity index (χ0v) is 19.4. The minimum absolute atomic E-state index is 0. The lowest BCUT2D eigenvalue weighted by Gasteiger charge is -2.29. The van der Waals surface area contributed by atoms with Gasteiger partial charge in [0.25, 0.3) is 0 Å². The highest BCUT2D eigenvalue weighted by atomic mass is 35.5. The van der Waals surface area contributed by atoms with Gasteiger partial charge in [0.1, 0.15) is 11.3 Å². The highest BCUT2D eigenvalue weighted by molar-refractivity contribution is 6.29. The number of carbonyl (C=O) groups excluding carboxylic acids is 1. The van der Waals surface area contributed by atoms with Crippen molar-refractivity contribution in [3.8, 4) is 5.88 Å². The van der Waals surface area contributed by atoms with Crippen molar-refractivity contribution in [3.05, 3.63) is 71.5 Å². The van der Waals surface area contributed by atoms with E-state index in [2.05, 4.69) is 21.4 Å². The second-order valence-corrected chi connectivity index (χ2v) is 7.91. The van der Waals surface area contributed by atoms with Crippen molar-refractivity contribution in [2.24, 2.45) is 0 Å². The molecule has 1 saturated heterocycles. The van der Waals surface area contributed by atoms with Crippen LogP contribution in [0.3, 0.4) is 0 Å². The summed E-state index contributed by atoms with van der Waals surface area (Å²) in [6, 6.07) is 15.6. The third kappa shape index (κ3) is 5.97. The maximum absolute atomic E-state index is 11.4. The second kappa shape index (κ2) is 11.3. The molecule has 0 atom stereocenters. The van der Waals surface area contributed by atoms with Crippen LogP contribution in [0.25, 0.3) is 16.5 Å². The first kappa shape index (κ1) is 24.0. The molecule has 0 aliphatic carbocycles. The molecule has 0 unspecified atom stereocenters. The number of ether oxygens (including phenoxy) is 1. The summed E-state index contributed by atoms with van der Waals surface area (Å²) in [5, 5.41) is 4.85. The highest BCUT2D eigenvalue weighted by Gasteiger charge is 2.22. The molecule has 1 fully saturated rings. The lowest BCUT2D eigenvalue weighted by atomic mass is 10.0. The minimum Gasteiger partial charge on any atom is -0.471 e. The summed E-state index contributed by atoms with van der Waals surface area (Å²) in [6.07, 6.45) is 4.94. The number of aromatic nitrogens is 2. The average Bonchev–Trinajstić information content (AvgIpc) is 2.77. The van der Waals surface area contributed by atoms with E-state index in [0.717, 1.165) is 42.5 Å². The first-order chi connectivity index (χ1) is 15.1. The van der Waals surface area contributed by atoms with Crippen molar-refractivity contribution in [1.82, 2.24) is 20.2 Å². The van der Waals surface area contributed by atoms with E-state index in [-0.39, 0.29) is 24.4 Å². The van der Waals surface area contributed by atoms with Gasteiger partial charge in [-0.15, -0.1) is 12.4 Å². The molecule has 32 heavy (non-hydrogen) atoms. The molecule has 4 heterocycles. The van der Waals surface area contributed by atoms with Crippen LogP contribution >= 0.6 is 24.0 Å². The number of benzene rings is 1. The molecule has 1 amide bonds. The molecular formula is C24H26Cl2N4O2. The minimum atomic E-state index is 0. The fourth-order valence-electron chi connectivity index (χ4n) is 3.47. The third-order valence-corrected chi connectivity index (χ3v) is 5.57. The quantitative estimate of drug-likeness (QED) is 0.572. The number of para-hydroxylation sites is 1. The van der Waals surface area contributed by atoms with Gasteiger partial charge in [-0.25, -0.2) is 9.97 Å². The van der Waals surface area contributed by atoms with Gasteiger partial charge in [0, 0.05) is 50.2 Å². The van der Waals surface area contributed by atoms with E-state index in [4.69, 9.17) is 16.3 Å². The Hall–Kier alpha value is -2.67. The fourth-order valence-corrected chi connectivity index (χ4v) is 3.63. The molecule has 3 aromatic rings. The van der Waals surface area contributed by atoms with Gasteiger partial charge in [0.05, 0.1) is 5.52 Å². The van der Waals surface area contributed by atoms with Crippen molar-refractivity contribution in [3.63, 3.8) is 0 Å². The van der Waals surface area contributed by atoms with Gasteiger partial charge < -0.3 is 15.0 Å². The van der Waals surface area contributed by atoms with Gasteiger partial charge in [0.15, 0.2) is 0 Å². The number of rotatable bonds is 3. The van der Waals surface area contributed by atoms with Crippen LogP contribution in [0, 0.1) is 0 Å². The lowest BCUT2D eigenvalue weighted by molar-refractivity contribution is -0.128. The summed E-state index contributed by atoms with van der Waals surface area (Å²) in [5.74, 6) is 0.838. The average molecular weight is 473 g/mol. The molecule has 1 N–H and O–H groups in total. The van der Waals surface area contributed by atoms with Crippen LogP contribution in [0.2, 0.25) is 5.15 Å². The Labute approximate surface area is 199 Å². The summed E-state index contributed by atoms with van der Waals surface area (Å²) in [5.41, 5.74) is 3.22. The van der Waals surface area contributed by atoms with Gasteiger partial charge in [-0.05, 0) is 42.3 Å². The number of halogens is 2. The van der Waals surface area contributed by atoms with Gasteiger partial charge in [-0.2, -0.15) is 0 Å². The van der Waals surface area contributed by atoms with Crippen LogP contribution in [0.4, 0.5) is 0 Å². The van der Waals surface area contributed by atoms with Crippen LogP contribution in [0.5, 0.6) is 5.88 Å². The number of nitrogens with zero attached hydrogens (tertiary/aromatic N) is 3. The van der Waals surface area contributed by atoms with Crippen molar-refractivity contribution < 1.29 is 9.53 Å². The van der Waals surface area contributed by atoms with E-state index in [9.17, 15) is 4.79 Å². The summed E-state index contributed by atoms with van der Waals surface area (Å²) in [6.45, 7) is 4.81. The molecule has 0 bridgehead atoms. The Balaban J connectivity index is 0.000000204. The molecule has 2 aliphatic heterocycles. The van der Waals surface area contributed by atoms with E-state index in [1.165, 1.54) is 5.57 Å².